The van der Waals surface area contributed by atoms with Crippen LogP contribution in [-0.4, -0.2) is 59.2 Å². The number of amides is 1. The summed E-state index contributed by atoms with van der Waals surface area (Å²) in [7, 11) is 0. The number of piperazine rings is 1. The molecule has 1 fully saturated rings. The highest BCUT2D eigenvalue weighted by atomic mass is 16.1. The Bertz CT molecular complexity index is 627. The second-order valence-corrected chi connectivity index (χ2v) is 5.43. The Morgan fingerprint density at radius 2 is 1.91 bits per heavy atom. The first-order valence-corrected chi connectivity index (χ1v) is 7.77. The van der Waals surface area contributed by atoms with Crippen molar-refractivity contribution < 1.29 is 4.79 Å². The van der Waals surface area contributed by atoms with E-state index in [0.29, 0.717) is 19.0 Å². The lowest BCUT2D eigenvalue weighted by Gasteiger charge is -2.33. The van der Waals surface area contributed by atoms with Gasteiger partial charge in [-0.1, -0.05) is 30.3 Å². The molecule has 23 heavy (non-hydrogen) atoms. The van der Waals surface area contributed by atoms with Crippen molar-refractivity contribution in [3.8, 4) is 0 Å². The molecular formula is C16H20N6O. The van der Waals surface area contributed by atoms with Crippen molar-refractivity contribution in [2.24, 2.45) is 0 Å². The average molecular weight is 312 g/mol. The summed E-state index contributed by atoms with van der Waals surface area (Å²) in [6, 6.07) is 10.3. The average Bonchev–Trinajstić information content (AvgIpc) is 2.63. The molecule has 1 aliphatic rings. The van der Waals surface area contributed by atoms with Crippen LogP contribution in [0.2, 0.25) is 0 Å². The van der Waals surface area contributed by atoms with Gasteiger partial charge in [0.15, 0.2) is 5.82 Å². The van der Waals surface area contributed by atoms with Gasteiger partial charge < -0.3 is 15.1 Å². The predicted octanol–water partition coefficient (Wildman–Crippen LogP) is 0.805. The van der Waals surface area contributed by atoms with E-state index >= 15 is 0 Å². The third-order valence-corrected chi connectivity index (χ3v) is 3.87. The smallest absolute Gasteiger partial charge is 0.244 e. The first kappa shape index (κ1) is 15.2. The molecule has 0 bridgehead atoms. The van der Waals surface area contributed by atoms with E-state index in [1.165, 1.54) is 5.56 Å². The fourth-order valence-electron chi connectivity index (χ4n) is 2.54. The third-order valence-electron chi connectivity index (χ3n) is 3.87. The Balaban J connectivity index is 1.54. The number of nitrogens with zero attached hydrogens (tertiary/aromatic N) is 5. The predicted molar refractivity (Wildman–Crippen MR) is 88.3 cm³/mol. The van der Waals surface area contributed by atoms with Crippen molar-refractivity contribution in [3.63, 3.8) is 0 Å². The number of benzene rings is 1. The van der Waals surface area contributed by atoms with Crippen molar-refractivity contribution in [1.29, 1.82) is 0 Å². The monoisotopic (exact) mass is 312 g/mol. The van der Waals surface area contributed by atoms with E-state index in [4.69, 9.17) is 0 Å². The number of aromatic nitrogens is 3. The number of hydrogen-bond acceptors (Lipinski definition) is 6. The lowest BCUT2D eigenvalue weighted by molar-refractivity contribution is -0.118. The molecule has 0 radical (unpaired) electrons. The summed E-state index contributed by atoms with van der Waals surface area (Å²) >= 11 is 0. The Hall–Kier alpha value is -2.70. The van der Waals surface area contributed by atoms with Crippen molar-refractivity contribution in [1.82, 2.24) is 20.1 Å². The van der Waals surface area contributed by atoms with Crippen molar-refractivity contribution in [2.75, 3.05) is 42.9 Å². The van der Waals surface area contributed by atoms with Crippen LogP contribution < -0.4 is 10.2 Å². The molecule has 0 aliphatic carbocycles. The van der Waals surface area contributed by atoms with Gasteiger partial charge in [0.25, 0.3) is 0 Å². The molecule has 3 rings (SSSR count). The molecule has 0 saturated carbocycles. The van der Waals surface area contributed by atoms with E-state index in [0.717, 1.165) is 38.3 Å². The standard InChI is InChI=1S/C16H20N6O/c23-13-21-8-10-22(11-9-21)15-12-18-20-16(19-15)17-7-6-14-4-2-1-3-5-14/h1-5,12-13H,6-11H2,(H,17,19,20). The number of hydrogen-bond donors (Lipinski definition) is 1. The first-order valence-electron chi connectivity index (χ1n) is 7.77. The molecule has 0 spiro atoms. The topological polar surface area (TPSA) is 74.2 Å². The molecule has 120 valence electrons. The molecule has 1 amide bonds. The van der Waals surface area contributed by atoms with Crippen LogP contribution in [0, 0.1) is 0 Å². The second kappa shape index (κ2) is 7.53. The van der Waals surface area contributed by atoms with E-state index in [9.17, 15) is 4.79 Å². The Kier molecular flexibility index (Phi) is 4.98. The summed E-state index contributed by atoms with van der Waals surface area (Å²) in [6.45, 7) is 3.71. The summed E-state index contributed by atoms with van der Waals surface area (Å²) in [4.78, 5) is 19.2. The highest BCUT2D eigenvalue weighted by molar-refractivity contribution is 5.49. The van der Waals surface area contributed by atoms with E-state index in [2.05, 4.69) is 37.5 Å². The van der Waals surface area contributed by atoms with E-state index in [1.54, 1.807) is 11.1 Å². The molecular weight excluding hydrogens is 292 g/mol. The number of rotatable bonds is 6. The first-order chi connectivity index (χ1) is 11.3. The van der Waals surface area contributed by atoms with Gasteiger partial charge in [-0.05, 0) is 12.0 Å². The molecule has 1 aromatic heterocycles. The number of nitrogens with one attached hydrogen (secondary N) is 1. The van der Waals surface area contributed by atoms with Gasteiger partial charge in [0, 0.05) is 32.7 Å². The van der Waals surface area contributed by atoms with Crippen molar-refractivity contribution in [2.45, 2.75) is 6.42 Å². The summed E-state index contributed by atoms with van der Waals surface area (Å²) in [5.41, 5.74) is 1.27. The normalized spacial score (nSPS) is 14.6. The van der Waals surface area contributed by atoms with Gasteiger partial charge in [-0.2, -0.15) is 10.1 Å². The molecule has 0 atom stereocenters. The number of carbonyl (C=O) groups excluding carboxylic acids is 1. The van der Waals surface area contributed by atoms with Gasteiger partial charge in [0.1, 0.15) is 0 Å². The summed E-state index contributed by atoms with van der Waals surface area (Å²) in [6.07, 6.45) is 3.47. The molecule has 1 aromatic carbocycles. The molecule has 7 heteroatoms. The van der Waals surface area contributed by atoms with E-state index in [-0.39, 0.29) is 0 Å². The van der Waals surface area contributed by atoms with Gasteiger partial charge in [-0.25, -0.2) is 0 Å². The van der Waals surface area contributed by atoms with Gasteiger partial charge in [-0.15, -0.1) is 5.10 Å². The minimum atomic E-state index is 0.538. The fraction of sp³-hybridized carbons (Fsp3) is 0.375. The van der Waals surface area contributed by atoms with Crippen LogP contribution in [0.5, 0.6) is 0 Å². The molecule has 1 N–H and O–H groups in total. The van der Waals surface area contributed by atoms with Crippen LogP contribution in [0.3, 0.4) is 0 Å². The Morgan fingerprint density at radius 1 is 1.13 bits per heavy atom. The minimum absolute atomic E-state index is 0.538. The summed E-state index contributed by atoms with van der Waals surface area (Å²) < 4.78 is 0. The molecule has 1 aliphatic heterocycles. The lowest BCUT2D eigenvalue weighted by atomic mass is 10.1. The highest BCUT2D eigenvalue weighted by Gasteiger charge is 2.17. The van der Waals surface area contributed by atoms with E-state index < -0.39 is 0 Å². The Morgan fingerprint density at radius 3 is 2.65 bits per heavy atom. The number of carbonyl (C=O) groups is 1. The minimum Gasteiger partial charge on any atom is -0.353 e. The number of anilines is 2. The molecule has 2 aromatic rings. The Labute approximate surface area is 135 Å². The maximum Gasteiger partial charge on any atom is 0.244 e. The van der Waals surface area contributed by atoms with Crippen molar-refractivity contribution >= 4 is 18.2 Å². The molecule has 7 nitrogen and oxygen atoms in total. The molecule has 2 heterocycles. The van der Waals surface area contributed by atoms with Crippen LogP contribution in [-0.2, 0) is 11.2 Å². The third kappa shape index (κ3) is 4.15. The van der Waals surface area contributed by atoms with Crippen LogP contribution in [0.25, 0.3) is 0 Å². The van der Waals surface area contributed by atoms with Gasteiger partial charge in [0.05, 0.1) is 6.20 Å². The van der Waals surface area contributed by atoms with Crippen LogP contribution in [0.4, 0.5) is 11.8 Å². The zero-order chi connectivity index (χ0) is 15.9. The van der Waals surface area contributed by atoms with Gasteiger partial charge in [-0.3, -0.25) is 4.79 Å². The zero-order valence-electron chi connectivity index (χ0n) is 12.9. The maximum absolute atomic E-state index is 10.8. The van der Waals surface area contributed by atoms with Crippen molar-refractivity contribution in [3.05, 3.63) is 42.1 Å². The molecule has 0 unspecified atom stereocenters. The zero-order valence-corrected chi connectivity index (χ0v) is 12.9. The van der Waals surface area contributed by atoms with Gasteiger partial charge in [0.2, 0.25) is 12.4 Å². The highest BCUT2D eigenvalue weighted by Crippen LogP contribution is 2.13. The second-order valence-electron chi connectivity index (χ2n) is 5.43. The largest absolute Gasteiger partial charge is 0.353 e. The van der Waals surface area contributed by atoms with E-state index in [1.807, 2.05) is 18.2 Å². The fourth-order valence-corrected chi connectivity index (χ4v) is 2.54. The quantitative estimate of drug-likeness (QED) is 0.796. The summed E-state index contributed by atoms with van der Waals surface area (Å²) in [5, 5.41) is 11.3. The summed E-state index contributed by atoms with van der Waals surface area (Å²) in [5.74, 6) is 1.34. The van der Waals surface area contributed by atoms with Crippen LogP contribution in [0.15, 0.2) is 36.5 Å². The SMILES string of the molecule is O=CN1CCN(c2cnnc(NCCc3ccccc3)n2)CC1. The molecule has 1 saturated heterocycles. The van der Waals surface area contributed by atoms with Gasteiger partial charge >= 0.3 is 0 Å². The van der Waals surface area contributed by atoms with Crippen LogP contribution >= 0.6 is 0 Å². The lowest BCUT2D eigenvalue weighted by Crippen LogP contribution is -2.46. The maximum atomic E-state index is 10.8. The van der Waals surface area contributed by atoms with Crippen LogP contribution in [0.1, 0.15) is 5.56 Å².